The molecule has 0 aromatic carbocycles. The highest BCUT2D eigenvalue weighted by Gasteiger charge is 2.44. The summed E-state index contributed by atoms with van der Waals surface area (Å²) in [4.78, 5) is 21.0. The molecule has 2 heterocycles. The van der Waals surface area contributed by atoms with Crippen LogP contribution in [0, 0.1) is 16.7 Å². The molecule has 0 bridgehead atoms. The molecule has 0 atom stereocenters. The van der Waals surface area contributed by atoms with E-state index in [4.69, 9.17) is 0 Å². The topological polar surface area (TPSA) is 60.2 Å². The summed E-state index contributed by atoms with van der Waals surface area (Å²) >= 11 is 1.63. The van der Waals surface area contributed by atoms with Gasteiger partial charge in [-0.1, -0.05) is 12.8 Å². The lowest BCUT2D eigenvalue weighted by atomic mass is 9.86. The SMILES string of the molecule is N#CC1(C(=O)N2CCN(c3nccs3)CC2)CCCC1. The van der Waals surface area contributed by atoms with Gasteiger partial charge in [-0.15, -0.1) is 11.3 Å². The van der Waals surface area contributed by atoms with Gasteiger partial charge in [-0.2, -0.15) is 5.26 Å². The number of thiazole rings is 1. The standard InChI is InChI=1S/C14H18N4OS/c15-11-14(3-1-2-4-14)12(19)17-6-8-18(9-7-17)13-16-5-10-20-13/h5,10H,1-4,6-9H2. The highest BCUT2D eigenvalue weighted by molar-refractivity contribution is 7.13. The first kappa shape index (κ1) is 13.4. The molecule has 0 unspecified atom stereocenters. The molecule has 1 amide bonds. The van der Waals surface area contributed by atoms with Crippen LogP contribution in [0.25, 0.3) is 0 Å². The van der Waals surface area contributed by atoms with Crippen molar-refractivity contribution >= 4 is 22.4 Å². The predicted octanol–water partition coefficient (Wildman–Crippen LogP) is 1.88. The molecule has 1 aromatic heterocycles. The third-order valence-electron chi connectivity index (χ3n) is 4.34. The van der Waals surface area contributed by atoms with Gasteiger partial charge in [-0.05, 0) is 12.8 Å². The minimum absolute atomic E-state index is 0.0521. The number of rotatable bonds is 2. The molecule has 1 saturated carbocycles. The van der Waals surface area contributed by atoms with Crippen molar-refractivity contribution in [2.24, 2.45) is 5.41 Å². The third kappa shape index (κ3) is 2.27. The van der Waals surface area contributed by atoms with Gasteiger partial charge in [-0.3, -0.25) is 4.79 Å². The molecule has 20 heavy (non-hydrogen) atoms. The highest BCUT2D eigenvalue weighted by Crippen LogP contribution is 2.39. The number of piperazine rings is 1. The Labute approximate surface area is 122 Å². The summed E-state index contributed by atoms with van der Waals surface area (Å²) in [6.07, 6.45) is 5.27. The van der Waals surface area contributed by atoms with Crippen molar-refractivity contribution in [3.8, 4) is 6.07 Å². The fourth-order valence-corrected chi connectivity index (χ4v) is 3.82. The Kier molecular flexibility index (Phi) is 3.62. The molecule has 2 aliphatic rings. The van der Waals surface area contributed by atoms with E-state index >= 15 is 0 Å². The van der Waals surface area contributed by atoms with Crippen LogP contribution in [-0.4, -0.2) is 42.0 Å². The van der Waals surface area contributed by atoms with E-state index in [9.17, 15) is 10.1 Å². The molecule has 1 aliphatic carbocycles. The number of hydrogen-bond donors (Lipinski definition) is 0. The fraction of sp³-hybridized carbons (Fsp3) is 0.643. The molecule has 0 radical (unpaired) electrons. The Bertz CT molecular complexity index is 508. The lowest BCUT2D eigenvalue weighted by Gasteiger charge is -2.37. The van der Waals surface area contributed by atoms with Gasteiger partial charge >= 0.3 is 0 Å². The lowest BCUT2D eigenvalue weighted by Crippen LogP contribution is -2.52. The van der Waals surface area contributed by atoms with Crippen molar-refractivity contribution in [3.05, 3.63) is 11.6 Å². The average molecular weight is 290 g/mol. The van der Waals surface area contributed by atoms with Gasteiger partial charge in [0.25, 0.3) is 0 Å². The molecule has 106 valence electrons. The Hall–Kier alpha value is -1.61. The van der Waals surface area contributed by atoms with E-state index in [1.165, 1.54) is 0 Å². The van der Waals surface area contributed by atoms with E-state index in [1.807, 2.05) is 10.3 Å². The summed E-state index contributed by atoms with van der Waals surface area (Å²) in [6, 6.07) is 2.30. The van der Waals surface area contributed by atoms with Gasteiger partial charge in [0.1, 0.15) is 5.41 Å². The largest absolute Gasteiger partial charge is 0.345 e. The Morgan fingerprint density at radius 2 is 2.00 bits per heavy atom. The summed E-state index contributed by atoms with van der Waals surface area (Å²) in [7, 11) is 0. The number of amides is 1. The quantitative estimate of drug-likeness (QED) is 0.834. The maximum Gasteiger partial charge on any atom is 0.243 e. The molecule has 1 aromatic rings. The van der Waals surface area contributed by atoms with Crippen molar-refractivity contribution in [1.29, 1.82) is 5.26 Å². The lowest BCUT2D eigenvalue weighted by molar-refractivity contribution is -0.139. The first-order chi connectivity index (χ1) is 9.75. The zero-order valence-corrected chi connectivity index (χ0v) is 12.2. The van der Waals surface area contributed by atoms with E-state index in [1.54, 1.807) is 17.5 Å². The van der Waals surface area contributed by atoms with Crippen molar-refractivity contribution in [1.82, 2.24) is 9.88 Å². The Morgan fingerprint density at radius 3 is 2.55 bits per heavy atom. The number of hydrogen-bond acceptors (Lipinski definition) is 5. The van der Waals surface area contributed by atoms with Crippen molar-refractivity contribution in [2.45, 2.75) is 25.7 Å². The highest BCUT2D eigenvalue weighted by atomic mass is 32.1. The van der Waals surface area contributed by atoms with Gasteiger partial charge < -0.3 is 9.80 Å². The number of carbonyl (C=O) groups excluding carboxylic acids is 1. The molecular formula is C14H18N4OS. The smallest absolute Gasteiger partial charge is 0.243 e. The fourth-order valence-electron chi connectivity index (χ4n) is 3.13. The molecule has 3 rings (SSSR count). The van der Waals surface area contributed by atoms with Crippen LogP contribution in [0.4, 0.5) is 5.13 Å². The minimum atomic E-state index is -0.733. The van der Waals surface area contributed by atoms with E-state index in [2.05, 4.69) is 16.0 Å². The molecule has 6 heteroatoms. The summed E-state index contributed by atoms with van der Waals surface area (Å²) in [5, 5.41) is 12.4. The molecule has 0 N–H and O–H groups in total. The number of carbonyl (C=O) groups is 1. The van der Waals surface area contributed by atoms with Crippen LogP contribution < -0.4 is 4.90 Å². The van der Waals surface area contributed by atoms with Crippen LogP contribution in [0.3, 0.4) is 0 Å². The number of nitriles is 1. The van der Waals surface area contributed by atoms with Crippen LogP contribution >= 0.6 is 11.3 Å². The molecule has 2 fully saturated rings. The summed E-state index contributed by atoms with van der Waals surface area (Å²) in [6.45, 7) is 3.01. The zero-order chi connectivity index (χ0) is 14.0. The first-order valence-corrected chi connectivity index (χ1v) is 7.98. The van der Waals surface area contributed by atoms with E-state index in [-0.39, 0.29) is 5.91 Å². The van der Waals surface area contributed by atoms with Gasteiger partial charge in [0.05, 0.1) is 6.07 Å². The van der Waals surface area contributed by atoms with E-state index in [0.29, 0.717) is 13.1 Å². The monoisotopic (exact) mass is 290 g/mol. The number of nitrogens with zero attached hydrogens (tertiary/aromatic N) is 4. The van der Waals surface area contributed by atoms with Crippen LogP contribution in [0.2, 0.25) is 0 Å². The van der Waals surface area contributed by atoms with Gasteiger partial charge in [0, 0.05) is 37.8 Å². The maximum absolute atomic E-state index is 12.6. The summed E-state index contributed by atoms with van der Waals surface area (Å²) in [5.41, 5.74) is -0.733. The van der Waals surface area contributed by atoms with Crippen molar-refractivity contribution in [2.75, 3.05) is 31.1 Å². The third-order valence-corrected chi connectivity index (χ3v) is 5.17. The second-order valence-corrected chi connectivity index (χ2v) is 6.37. The number of aromatic nitrogens is 1. The number of anilines is 1. The van der Waals surface area contributed by atoms with Gasteiger partial charge in [-0.25, -0.2) is 4.98 Å². The van der Waals surface area contributed by atoms with Crippen LogP contribution in [0.5, 0.6) is 0 Å². The maximum atomic E-state index is 12.6. The zero-order valence-electron chi connectivity index (χ0n) is 11.4. The summed E-state index contributed by atoms with van der Waals surface area (Å²) < 4.78 is 0. The van der Waals surface area contributed by atoms with Crippen molar-refractivity contribution in [3.63, 3.8) is 0 Å². The molecule has 0 spiro atoms. The molecular weight excluding hydrogens is 272 g/mol. The predicted molar refractivity (Wildman–Crippen MR) is 77.4 cm³/mol. The average Bonchev–Trinajstić information content (AvgIpc) is 3.18. The molecule has 1 saturated heterocycles. The second-order valence-electron chi connectivity index (χ2n) is 5.49. The minimum Gasteiger partial charge on any atom is -0.345 e. The Morgan fingerprint density at radius 1 is 1.30 bits per heavy atom. The summed E-state index contributed by atoms with van der Waals surface area (Å²) in [5.74, 6) is 0.0521. The van der Waals surface area contributed by atoms with E-state index < -0.39 is 5.41 Å². The van der Waals surface area contributed by atoms with Crippen LogP contribution in [0.15, 0.2) is 11.6 Å². The first-order valence-electron chi connectivity index (χ1n) is 7.10. The van der Waals surface area contributed by atoms with Crippen molar-refractivity contribution < 1.29 is 4.79 Å². The van der Waals surface area contributed by atoms with Gasteiger partial charge in [0.2, 0.25) is 5.91 Å². The van der Waals surface area contributed by atoms with Crippen LogP contribution in [-0.2, 0) is 4.79 Å². The normalized spacial score (nSPS) is 21.8. The molecule has 1 aliphatic heterocycles. The Balaban J connectivity index is 1.63. The second kappa shape index (κ2) is 5.41. The van der Waals surface area contributed by atoms with Crippen LogP contribution in [0.1, 0.15) is 25.7 Å². The van der Waals surface area contributed by atoms with E-state index in [0.717, 1.165) is 43.9 Å². The van der Waals surface area contributed by atoms with Gasteiger partial charge in [0.15, 0.2) is 5.13 Å². The molecule has 5 nitrogen and oxygen atoms in total.